The number of aryl methyl sites for hydroxylation is 1. The molecule has 18 heavy (non-hydrogen) atoms. The summed E-state index contributed by atoms with van der Waals surface area (Å²) in [6, 6.07) is 13.9. The van der Waals surface area contributed by atoms with E-state index >= 15 is 0 Å². The van der Waals surface area contributed by atoms with Crippen LogP contribution >= 0.6 is 0 Å². The van der Waals surface area contributed by atoms with Crippen molar-refractivity contribution in [3.8, 4) is 5.75 Å². The molecule has 2 aromatic rings. The molecule has 0 aliphatic heterocycles. The Hall–Kier alpha value is -1.87. The van der Waals surface area contributed by atoms with E-state index in [1.54, 1.807) is 0 Å². The van der Waals surface area contributed by atoms with E-state index in [9.17, 15) is 4.39 Å². The van der Waals surface area contributed by atoms with Crippen LogP contribution in [0.15, 0.2) is 48.5 Å². The molecule has 0 spiro atoms. The van der Waals surface area contributed by atoms with Crippen molar-refractivity contribution in [1.29, 1.82) is 0 Å². The molecule has 1 atom stereocenters. The molecule has 94 valence electrons. The second-order valence-electron chi connectivity index (χ2n) is 4.29. The predicted molar refractivity (Wildman–Crippen MR) is 70.0 cm³/mol. The molecule has 2 aromatic carbocycles. The lowest BCUT2D eigenvalue weighted by atomic mass is 10.1. The first kappa shape index (κ1) is 12.6. The molecule has 3 heteroatoms. The number of hydrogen-bond acceptors (Lipinski definition) is 2. The van der Waals surface area contributed by atoms with Gasteiger partial charge in [-0.05, 0) is 42.3 Å². The summed E-state index contributed by atoms with van der Waals surface area (Å²) < 4.78 is 18.8. The predicted octanol–water partition coefficient (Wildman–Crippen LogP) is 3.21. The molecule has 2 nitrogen and oxygen atoms in total. The van der Waals surface area contributed by atoms with Crippen LogP contribution < -0.4 is 10.5 Å². The smallest absolute Gasteiger partial charge is 0.123 e. The average molecular weight is 245 g/mol. The van der Waals surface area contributed by atoms with Gasteiger partial charge >= 0.3 is 0 Å². The van der Waals surface area contributed by atoms with Gasteiger partial charge in [0, 0.05) is 0 Å². The molecule has 0 amide bonds. The van der Waals surface area contributed by atoms with Gasteiger partial charge < -0.3 is 10.5 Å². The number of rotatable bonds is 4. The lowest BCUT2D eigenvalue weighted by molar-refractivity contribution is 0.290. The highest BCUT2D eigenvalue weighted by atomic mass is 19.1. The first-order valence-corrected chi connectivity index (χ1v) is 5.85. The van der Waals surface area contributed by atoms with Crippen molar-refractivity contribution >= 4 is 0 Å². The van der Waals surface area contributed by atoms with Crippen molar-refractivity contribution in [2.75, 3.05) is 6.61 Å². The quantitative estimate of drug-likeness (QED) is 0.897. The van der Waals surface area contributed by atoms with E-state index in [-0.39, 0.29) is 11.9 Å². The lowest BCUT2D eigenvalue weighted by Crippen LogP contribution is -2.19. The molecule has 0 heterocycles. The second-order valence-corrected chi connectivity index (χ2v) is 4.29. The number of halogens is 1. The number of hydrogen-bond donors (Lipinski definition) is 1. The van der Waals surface area contributed by atoms with E-state index in [2.05, 4.69) is 0 Å². The van der Waals surface area contributed by atoms with Gasteiger partial charge in [-0.3, -0.25) is 0 Å². The Kier molecular flexibility index (Phi) is 3.95. The molecule has 0 saturated heterocycles. The van der Waals surface area contributed by atoms with Gasteiger partial charge in [-0.1, -0.05) is 24.3 Å². The first-order chi connectivity index (χ1) is 8.65. The summed E-state index contributed by atoms with van der Waals surface area (Å²) in [4.78, 5) is 0. The van der Waals surface area contributed by atoms with E-state index in [0.29, 0.717) is 6.61 Å². The highest BCUT2D eigenvalue weighted by molar-refractivity contribution is 5.27. The van der Waals surface area contributed by atoms with Crippen molar-refractivity contribution < 1.29 is 9.13 Å². The normalized spacial score (nSPS) is 12.2. The summed E-state index contributed by atoms with van der Waals surface area (Å²) in [7, 11) is 0. The lowest BCUT2D eigenvalue weighted by Gasteiger charge is -2.14. The Morgan fingerprint density at radius 1 is 1.17 bits per heavy atom. The molecular formula is C15H16FNO. The van der Waals surface area contributed by atoms with E-state index in [0.717, 1.165) is 16.9 Å². The minimum absolute atomic E-state index is 0.264. The van der Waals surface area contributed by atoms with Crippen LogP contribution in [0.1, 0.15) is 17.2 Å². The molecular weight excluding hydrogens is 229 g/mol. The zero-order valence-corrected chi connectivity index (χ0v) is 10.3. The fourth-order valence-electron chi connectivity index (χ4n) is 1.78. The van der Waals surface area contributed by atoms with Gasteiger partial charge in [-0.25, -0.2) is 4.39 Å². The third kappa shape index (κ3) is 3.31. The van der Waals surface area contributed by atoms with Crippen LogP contribution in [-0.4, -0.2) is 6.61 Å². The van der Waals surface area contributed by atoms with Gasteiger partial charge in [0.1, 0.15) is 18.2 Å². The Morgan fingerprint density at radius 2 is 1.89 bits per heavy atom. The molecule has 0 radical (unpaired) electrons. The molecule has 0 aliphatic rings. The van der Waals surface area contributed by atoms with Gasteiger partial charge in [0.15, 0.2) is 0 Å². The largest absolute Gasteiger partial charge is 0.492 e. The third-order valence-corrected chi connectivity index (χ3v) is 2.67. The zero-order chi connectivity index (χ0) is 13.0. The van der Waals surface area contributed by atoms with Crippen LogP contribution in [0, 0.1) is 12.7 Å². The fourth-order valence-corrected chi connectivity index (χ4v) is 1.78. The average Bonchev–Trinajstić information content (AvgIpc) is 2.36. The summed E-state index contributed by atoms with van der Waals surface area (Å²) in [6.07, 6.45) is 0. The van der Waals surface area contributed by atoms with Gasteiger partial charge in [-0.2, -0.15) is 0 Å². The summed E-state index contributed by atoms with van der Waals surface area (Å²) >= 11 is 0. The van der Waals surface area contributed by atoms with Crippen LogP contribution in [0.4, 0.5) is 4.39 Å². The van der Waals surface area contributed by atoms with E-state index in [4.69, 9.17) is 10.5 Å². The Bertz CT molecular complexity index is 493. The van der Waals surface area contributed by atoms with Crippen molar-refractivity contribution in [2.45, 2.75) is 13.0 Å². The maximum Gasteiger partial charge on any atom is 0.123 e. The SMILES string of the molecule is Cc1cc(F)cc(C(N)COc2ccccc2)c1. The van der Waals surface area contributed by atoms with Crippen molar-refractivity contribution in [1.82, 2.24) is 0 Å². The van der Waals surface area contributed by atoms with Crippen LogP contribution in [0.5, 0.6) is 5.75 Å². The van der Waals surface area contributed by atoms with Gasteiger partial charge in [-0.15, -0.1) is 0 Å². The number of benzene rings is 2. The molecule has 1 unspecified atom stereocenters. The zero-order valence-electron chi connectivity index (χ0n) is 10.3. The number of ether oxygens (including phenoxy) is 1. The number of para-hydroxylation sites is 1. The fraction of sp³-hybridized carbons (Fsp3) is 0.200. The van der Waals surface area contributed by atoms with E-state index < -0.39 is 0 Å². The maximum absolute atomic E-state index is 13.3. The van der Waals surface area contributed by atoms with E-state index in [1.165, 1.54) is 12.1 Å². The Morgan fingerprint density at radius 3 is 2.56 bits per heavy atom. The van der Waals surface area contributed by atoms with Crippen LogP contribution in [0.3, 0.4) is 0 Å². The van der Waals surface area contributed by atoms with Crippen LogP contribution in [0.2, 0.25) is 0 Å². The highest BCUT2D eigenvalue weighted by Gasteiger charge is 2.08. The van der Waals surface area contributed by atoms with Crippen LogP contribution in [0.25, 0.3) is 0 Å². The Labute approximate surface area is 106 Å². The standard InChI is InChI=1S/C15H16FNO/c1-11-7-12(9-13(16)8-11)15(17)10-18-14-5-3-2-4-6-14/h2-9,15H,10,17H2,1H3. The molecule has 0 fully saturated rings. The van der Waals surface area contributed by atoms with Crippen LogP contribution in [-0.2, 0) is 0 Å². The minimum Gasteiger partial charge on any atom is -0.492 e. The topological polar surface area (TPSA) is 35.2 Å². The maximum atomic E-state index is 13.3. The summed E-state index contributed by atoms with van der Waals surface area (Å²) in [5.74, 6) is 0.501. The van der Waals surface area contributed by atoms with Crippen molar-refractivity contribution in [3.63, 3.8) is 0 Å². The minimum atomic E-state index is -0.334. The summed E-state index contributed by atoms with van der Waals surface area (Å²) in [5, 5.41) is 0. The highest BCUT2D eigenvalue weighted by Crippen LogP contribution is 2.17. The molecule has 0 saturated carbocycles. The third-order valence-electron chi connectivity index (χ3n) is 2.67. The van der Waals surface area contributed by atoms with E-state index in [1.807, 2.05) is 43.3 Å². The Balaban J connectivity index is 2.01. The van der Waals surface area contributed by atoms with Gasteiger partial charge in [0.25, 0.3) is 0 Å². The molecule has 2 rings (SSSR count). The van der Waals surface area contributed by atoms with Crippen molar-refractivity contribution in [2.24, 2.45) is 5.73 Å². The second kappa shape index (κ2) is 5.65. The molecule has 2 N–H and O–H groups in total. The summed E-state index contributed by atoms with van der Waals surface area (Å²) in [5.41, 5.74) is 7.60. The number of nitrogens with two attached hydrogens (primary N) is 1. The first-order valence-electron chi connectivity index (χ1n) is 5.85. The monoisotopic (exact) mass is 245 g/mol. The molecule has 0 aliphatic carbocycles. The van der Waals surface area contributed by atoms with Gasteiger partial charge in [0.05, 0.1) is 6.04 Å². The molecule has 0 aromatic heterocycles. The van der Waals surface area contributed by atoms with Gasteiger partial charge in [0.2, 0.25) is 0 Å². The molecule has 0 bridgehead atoms. The summed E-state index contributed by atoms with van der Waals surface area (Å²) in [6.45, 7) is 2.17. The van der Waals surface area contributed by atoms with Crippen molar-refractivity contribution in [3.05, 3.63) is 65.5 Å².